The van der Waals surface area contributed by atoms with Crippen molar-refractivity contribution in [1.82, 2.24) is 14.7 Å². The first-order chi connectivity index (χ1) is 10.8. The largest absolute Gasteiger partial charge is 0.334 e. The van der Waals surface area contributed by atoms with Crippen LogP contribution in [0.15, 0.2) is 24.8 Å². The van der Waals surface area contributed by atoms with Gasteiger partial charge in [-0.2, -0.15) is 0 Å². The molecule has 0 N–H and O–H groups in total. The average molecular weight is 335 g/mol. The Bertz CT molecular complexity index is 640. The fraction of sp³-hybridized carbons (Fsp3) is 0.438. The zero-order valence-corrected chi connectivity index (χ0v) is 14.4. The normalized spacial score (nSPS) is 17.8. The topological polar surface area (TPSA) is 60.9 Å². The van der Waals surface area contributed by atoms with Crippen molar-refractivity contribution in [2.75, 3.05) is 20.6 Å². The Hall–Kier alpha value is -2.15. The molecule has 4 amide bonds. The van der Waals surface area contributed by atoms with E-state index in [0.29, 0.717) is 13.1 Å². The van der Waals surface area contributed by atoms with Gasteiger partial charge in [-0.1, -0.05) is 6.08 Å². The molecule has 0 aliphatic carbocycles. The highest BCUT2D eigenvalue weighted by Crippen LogP contribution is 2.20. The Morgan fingerprint density at radius 2 is 2.09 bits per heavy atom. The van der Waals surface area contributed by atoms with Crippen molar-refractivity contribution in [3.8, 4) is 0 Å². The summed E-state index contributed by atoms with van der Waals surface area (Å²) in [5, 5.41) is 0. The molecule has 6 nitrogen and oxygen atoms in total. The number of amides is 4. The minimum Gasteiger partial charge on any atom is -0.334 e. The van der Waals surface area contributed by atoms with E-state index in [4.69, 9.17) is 0 Å². The summed E-state index contributed by atoms with van der Waals surface area (Å²) in [6, 6.07) is 2.90. The third-order valence-corrected chi connectivity index (χ3v) is 4.87. The minimum absolute atomic E-state index is 0.0103. The first kappa shape index (κ1) is 17.2. The van der Waals surface area contributed by atoms with Crippen molar-refractivity contribution in [1.29, 1.82) is 0 Å². The lowest BCUT2D eigenvalue weighted by atomic mass is 10.1. The van der Waals surface area contributed by atoms with Gasteiger partial charge in [0.25, 0.3) is 5.91 Å². The molecular weight excluding hydrogens is 314 g/mol. The average Bonchev–Trinajstić information content (AvgIpc) is 3.00. The van der Waals surface area contributed by atoms with E-state index in [-0.39, 0.29) is 24.3 Å². The SMILES string of the molecule is C=CCN(Cc1ccc(C)s1)C(=O)C[C@@H]1C(=O)N(C)C(=O)N1C. The van der Waals surface area contributed by atoms with Gasteiger partial charge in [0.2, 0.25) is 5.91 Å². The predicted octanol–water partition coefficient (Wildman–Crippen LogP) is 1.85. The summed E-state index contributed by atoms with van der Waals surface area (Å²) >= 11 is 1.64. The summed E-state index contributed by atoms with van der Waals surface area (Å²) in [6.07, 6.45) is 1.65. The van der Waals surface area contributed by atoms with Crippen LogP contribution in [0.1, 0.15) is 16.2 Å². The van der Waals surface area contributed by atoms with Gasteiger partial charge in [0.15, 0.2) is 0 Å². The van der Waals surface area contributed by atoms with Crippen molar-refractivity contribution in [2.24, 2.45) is 0 Å². The fourth-order valence-corrected chi connectivity index (χ4v) is 3.45. The monoisotopic (exact) mass is 335 g/mol. The number of carbonyl (C=O) groups is 3. The molecule has 0 radical (unpaired) electrons. The van der Waals surface area contributed by atoms with Crippen molar-refractivity contribution in [3.05, 3.63) is 34.5 Å². The quantitative estimate of drug-likeness (QED) is 0.589. The fourth-order valence-electron chi connectivity index (χ4n) is 2.54. The third-order valence-electron chi connectivity index (χ3n) is 3.88. The van der Waals surface area contributed by atoms with Crippen LogP contribution in [0.3, 0.4) is 0 Å². The summed E-state index contributed by atoms with van der Waals surface area (Å²) in [7, 11) is 2.98. The lowest BCUT2D eigenvalue weighted by Gasteiger charge is -2.23. The predicted molar refractivity (Wildman–Crippen MR) is 89.0 cm³/mol. The number of urea groups is 1. The van der Waals surface area contributed by atoms with Gasteiger partial charge in [0.05, 0.1) is 13.0 Å². The number of hydrogen-bond acceptors (Lipinski definition) is 4. The molecule has 0 saturated carbocycles. The number of likely N-dealkylation sites (N-methyl/N-ethyl adjacent to an activating group) is 2. The lowest BCUT2D eigenvalue weighted by molar-refractivity contribution is -0.136. The molecule has 2 rings (SSSR count). The van der Waals surface area contributed by atoms with Gasteiger partial charge >= 0.3 is 6.03 Å². The maximum atomic E-state index is 12.6. The van der Waals surface area contributed by atoms with Gasteiger partial charge in [-0.15, -0.1) is 17.9 Å². The van der Waals surface area contributed by atoms with Gasteiger partial charge in [-0.3, -0.25) is 14.5 Å². The number of nitrogens with zero attached hydrogens (tertiary/aromatic N) is 3. The summed E-state index contributed by atoms with van der Waals surface area (Å²) in [5.74, 6) is -0.499. The van der Waals surface area contributed by atoms with E-state index in [1.807, 2.05) is 19.1 Å². The zero-order valence-electron chi connectivity index (χ0n) is 13.6. The van der Waals surface area contributed by atoms with Gasteiger partial charge in [-0.25, -0.2) is 4.79 Å². The van der Waals surface area contributed by atoms with E-state index < -0.39 is 6.04 Å². The van der Waals surface area contributed by atoms with Crippen molar-refractivity contribution >= 4 is 29.2 Å². The van der Waals surface area contributed by atoms with E-state index in [1.165, 1.54) is 16.8 Å². The van der Waals surface area contributed by atoms with Gasteiger partial charge in [0.1, 0.15) is 6.04 Å². The highest BCUT2D eigenvalue weighted by molar-refractivity contribution is 7.11. The second-order valence-electron chi connectivity index (χ2n) is 5.59. The van der Waals surface area contributed by atoms with Crippen molar-refractivity contribution < 1.29 is 14.4 Å². The molecule has 0 bridgehead atoms. The molecule has 2 heterocycles. The molecule has 1 atom stereocenters. The molecule has 0 aromatic carbocycles. The van der Waals surface area contributed by atoms with E-state index in [9.17, 15) is 14.4 Å². The molecule has 23 heavy (non-hydrogen) atoms. The summed E-state index contributed by atoms with van der Waals surface area (Å²) in [5.41, 5.74) is 0. The van der Waals surface area contributed by atoms with Crippen LogP contribution in [-0.2, 0) is 16.1 Å². The van der Waals surface area contributed by atoms with Gasteiger partial charge in [-0.05, 0) is 19.1 Å². The number of thiophene rings is 1. The number of aryl methyl sites for hydroxylation is 1. The zero-order chi connectivity index (χ0) is 17.1. The van der Waals surface area contributed by atoms with Crippen LogP contribution in [0.5, 0.6) is 0 Å². The molecule has 1 saturated heterocycles. The Morgan fingerprint density at radius 1 is 1.39 bits per heavy atom. The molecule has 7 heteroatoms. The molecule has 1 aliphatic heterocycles. The maximum Gasteiger partial charge on any atom is 0.326 e. The standard InChI is InChI=1S/C16H21N3O3S/c1-5-8-19(10-12-7-6-11(2)23-12)14(20)9-13-15(21)18(4)16(22)17(13)3/h5-7,13H,1,8-10H2,2-4H3/t13-/m1/s1. The maximum absolute atomic E-state index is 12.6. The Balaban J connectivity index is 2.07. The van der Waals surface area contributed by atoms with E-state index in [0.717, 1.165) is 9.78 Å². The molecule has 0 unspecified atom stereocenters. The lowest BCUT2D eigenvalue weighted by Crippen LogP contribution is -2.39. The third kappa shape index (κ3) is 3.61. The highest BCUT2D eigenvalue weighted by Gasteiger charge is 2.42. The molecule has 124 valence electrons. The summed E-state index contributed by atoms with van der Waals surface area (Å²) in [4.78, 5) is 42.7. The van der Waals surface area contributed by atoms with E-state index in [1.54, 1.807) is 29.4 Å². The van der Waals surface area contributed by atoms with Crippen LogP contribution in [0, 0.1) is 6.92 Å². The first-order valence-corrected chi connectivity index (χ1v) is 8.15. The van der Waals surface area contributed by atoms with Crippen LogP contribution in [-0.4, -0.2) is 59.2 Å². The number of rotatable bonds is 6. The first-order valence-electron chi connectivity index (χ1n) is 7.33. The summed E-state index contributed by atoms with van der Waals surface area (Å²) in [6.45, 7) is 6.59. The van der Waals surface area contributed by atoms with E-state index in [2.05, 4.69) is 6.58 Å². The Kier molecular flexibility index (Phi) is 5.20. The highest BCUT2D eigenvalue weighted by atomic mass is 32.1. The second kappa shape index (κ2) is 6.95. The molecule has 1 aromatic rings. The van der Waals surface area contributed by atoms with Crippen molar-refractivity contribution in [3.63, 3.8) is 0 Å². The second-order valence-corrected chi connectivity index (χ2v) is 6.96. The van der Waals surface area contributed by atoms with Crippen LogP contribution in [0.4, 0.5) is 4.79 Å². The van der Waals surface area contributed by atoms with Crippen LogP contribution < -0.4 is 0 Å². The van der Waals surface area contributed by atoms with Crippen LogP contribution >= 0.6 is 11.3 Å². The van der Waals surface area contributed by atoms with E-state index >= 15 is 0 Å². The molecule has 1 aromatic heterocycles. The summed E-state index contributed by atoms with van der Waals surface area (Å²) < 4.78 is 0. The Labute approximate surface area is 140 Å². The molecule has 1 aliphatic rings. The van der Waals surface area contributed by atoms with Gasteiger partial charge < -0.3 is 9.80 Å². The van der Waals surface area contributed by atoms with Crippen LogP contribution in [0.25, 0.3) is 0 Å². The number of hydrogen-bond donors (Lipinski definition) is 0. The number of carbonyl (C=O) groups excluding carboxylic acids is 3. The van der Waals surface area contributed by atoms with Gasteiger partial charge in [0, 0.05) is 30.4 Å². The molecule has 1 fully saturated rings. The van der Waals surface area contributed by atoms with Crippen molar-refractivity contribution in [2.45, 2.75) is 25.9 Å². The molecule has 0 spiro atoms. The molecular formula is C16H21N3O3S. The minimum atomic E-state index is -0.725. The van der Waals surface area contributed by atoms with Crippen LogP contribution in [0.2, 0.25) is 0 Å². The smallest absolute Gasteiger partial charge is 0.326 e. The number of imide groups is 1. The Morgan fingerprint density at radius 3 is 2.57 bits per heavy atom.